The first kappa shape index (κ1) is 12.0. The number of nitrogens with zero attached hydrogens (tertiary/aromatic N) is 1. The smallest absolute Gasteiger partial charge is 0.0230 e. The summed E-state index contributed by atoms with van der Waals surface area (Å²) in [5, 5.41) is 0. The van der Waals surface area contributed by atoms with E-state index in [0.717, 1.165) is 13.1 Å². The summed E-state index contributed by atoms with van der Waals surface area (Å²) in [6.45, 7) is 6.47. The van der Waals surface area contributed by atoms with Crippen LogP contribution in [0.25, 0.3) is 6.08 Å². The van der Waals surface area contributed by atoms with Gasteiger partial charge in [0, 0.05) is 6.54 Å². The fraction of sp³-hybridized carbons (Fsp3) is 0.429. The lowest BCUT2D eigenvalue weighted by Crippen LogP contribution is -2.18. The van der Waals surface area contributed by atoms with Crippen LogP contribution in [0, 0.1) is 0 Å². The van der Waals surface area contributed by atoms with Crippen LogP contribution in [0.3, 0.4) is 0 Å². The van der Waals surface area contributed by atoms with E-state index in [4.69, 9.17) is 0 Å². The Kier molecular flexibility index (Phi) is 5.13. The highest BCUT2D eigenvalue weighted by molar-refractivity contribution is 5.49. The molecule has 0 aliphatic carbocycles. The van der Waals surface area contributed by atoms with Crippen molar-refractivity contribution in [3.63, 3.8) is 0 Å². The molecule has 1 rings (SSSR count). The molecule has 0 amide bonds. The third-order valence-corrected chi connectivity index (χ3v) is 2.40. The van der Waals surface area contributed by atoms with Gasteiger partial charge in [-0.05, 0) is 38.1 Å². The summed E-state index contributed by atoms with van der Waals surface area (Å²) in [6.07, 6.45) is 5.41. The Morgan fingerprint density at radius 2 is 1.87 bits per heavy atom. The van der Waals surface area contributed by atoms with Gasteiger partial charge in [-0.2, -0.15) is 0 Å². The Balaban J connectivity index is 2.56. The van der Waals surface area contributed by atoms with Crippen molar-refractivity contribution in [2.45, 2.75) is 26.8 Å². The van der Waals surface area contributed by atoms with E-state index in [-0.39, 0.29) is 0 Å². The van der Waals surface area contributed by atoms with E-state index in [0.29, 0.717) is 0 Å². The van der Waals surface area contributed by atoms with Crippen molar-refractivity contribution in [2.24, 2.45) is 0 Å². The Hall–Kier alpha value is -1.08. The van der Waals surface area contributed by atoms with E-state index >= 15 is 0 Å². The normalized spacial score (nSPS) is 11.5. The second-order valence-electron chi connectivity index (χ2n) is 3.98. The molecular weight excluding hydrogens is 182 g/mol. The van der Waals surface area contributed by atoms with Gasteiger partial charge in [0.05, 0.1) is 0 Å². The molecule has 0 aliphatic rings. The van der Waals surface area contributed by atoms with Gasteiger partial charge in [-0.1, -0.05) is 43.3 Å². The highest BCUT2D eigenvalue weighted by Gasteiger charge is 1.98. The number of benzene rings is 1. The molecule has 0 aromatic heterocycles. The van der Waals surface area contributed by atoms with Gasteiger partial charge in [-0.25, -0.2) is 0 Å². The lowest BCUT2D eigenvalue weighted by Gasteiger charge is -2.15. The molecule has 82 valence electrons. The molecule has 0 unspecified atom stereocenters. The SMILES string of the molecule is C/C=C/c1ccc(CN(C)CCC)cc1. The zero-order valence-corrected chi connectivity index (χ0v) is 10.0. The molecule has 1 aromatic rings. The standard InChI is InChI=1S/C14H21N/c1-4-6-13-7-9-14(10-8-13)12-15(3)11-5-2/h4,6-10H,5,11-12H2,1-3H3/b6-4+. The summed E-state index contributed by atoms with van der Waals surface area (Å²) in [7, 11) is 2.17. The molecule has 0 radical (unpaired) electrons. The molecule has 1 aromatic carbocycles. The maximum absolute atomic E-state index is 2.35. The first-order valence-corrected chi connectivity index (χ1v) is 5.66. The number of hydrogen-bond acceptors (Lipinski definition) is 1. The van der Waals surface area contributed by atoms with Gasteiger partial charge in [0.2, 0.25) is 0 Å². The van der Waals surface area contributed by atoms with Gasteiger partial charge in [-0.15, -0.1) is 0 Å². The van der Waals surface area contributed by atoms with Crippen molar-refractivity contribution >= 4 is 6.08 Å². The molecule has 1 heteroatoms. The highest BCUT2D eigenvalue weighted by atomic mass is 15.1. The molecular formula is C14H21N. The molecule has 0 bridgehead atoms. The van der Waals surface area contributed by atoms with Crippen LogP contribution in [0.1, 0.15) is 31.4 Å². The average Bonchev–Trinajstić information content (AvgIpc) is 2.22. The molecule has 1 nitrogen and oxygen atoms in total. The summed E-state index contributed by atoms with van der Waals surface area (Å²) >= 11 is 0. The van der Waals surface area contributed by atoms with E-state index < -0.39 is 0 Å². The summed E-state index contributed by atoms with van der Waals surface area (Å²) in [5.41, 5.74) is 2.67. The first-order chi connectivity index (χ1) is 7.26. The minimum absolute atomic E-state index is 1.05. The lowest BCUT2D eigenvalue weighted by molar-refractivity contribution is 0.327. The van der Waals surface area contributed by atoms with E-state index in [2.05, 4.69) is 55.3 Å². The minimum Gasteiger partial charge on any atom is -0.302 e. The van der Waals surface area contributed by atoms with Crippen LogP contribution in [-0.4, -0.2) is 18.5 Å². The van der Waals surface area contributed by atoms with Crippen molar-refractivity contribution in [3.05, 3.63) is 41.5 Å². The van der Waals surface area contributed by atoms with Gasteiger partial charge in [-0.3, -0.25) is 0 Å². The maximum atomic E-state index is 2.35. The molecule has 0 atom stereocenters. The first-order valence-electron chi connectivity index (χ1n) is 5.66. The van der Waals surface area contributed by atoms with E-state index in [9.17, 15) is 0 Å². The fourth-order valence-corrected chi connectivity index (χ4v) is 1.70. The quantitative estimate of drug-likeness (QED) is 0.707. The number of allylic oxidation sites excluding steroid dienone is 1. The second-order valence-corrected chi connectivity index (χ2v) is 3.98. The zero-order chi connectivity index (χ0) is 11.1. The highest BCUT2D eigenvalue weighted by Crippen LogP contribution is 2.08. The Labute approximate surface area is 93.4 Å². The maximum Gasteiger partial charge on any atom is 0.0230 e. The van der Waals surface area contributed by atoms with Gasteiger partial charge < -0.3 is 4.90 Å². The van der Waals surface area contributed by atoms with Gasteiger partial charge in [0.1, 0.15) is 0 Å². The molecule has 0 saturated heterocycles. The summed E-state index contributed by atoms with van der Waals surface area (Å²) in [4.78, 5) is 2.35. The van der Waals surface area contributed by atoms with Crippen LogP contribution in [0.5, 0.6) is 0 Å². The predicted octanol–water partition coefficient (Wildman–Crippen LogP) is 3.56. The summed E-state index contributed by atoms with van der Waals surface area (Å²) < 4.78 is 0. The van der Waals surface area contributed by atoms with Gasteiger partial charge >= 0.3 is 0 Å². The van der Waals surface area contributed by atoms with Crippen molar-refractivity contribution < 1.29 is 0 Å². The Morgan fingerprint density at radius 3 is 2.40 bits per heavy atom. The zero-order valence-electron chi connectivity index (χ0n) is 10.0. The van der Waals surface area contributed by atoms with Crippen LogP contribution in [0.15, 0.2) is 30.3 Å². The van der Waals surface area contributed by atoms with Crippen LogP contribution in [-0.2, 0) is 6.54 Å². The Morgan fingerprint density at radius 1 is 1.20 bits per heavy atom. The van der Waals surface area contributed by atoms with Crippen LogP contribution < -0.4 is 0 Å². The molecule has 15 heavy (non-hydrogen) atoms. The third-order valence-electron chi connectivity index (χ3n) is 2.40. The number of hydrogen-bond donors (Lipinski definition) is 0. The van der Waals surface area contributed by atoms with Crippen molar-refractivity contribution in [1.82, 2.24) is 4.90 Å². The predicted molar refractivity (Wildman–Crippen MR) is 67.8 cm³/mol. The molecule has 0 saturated carbocycles. The van der Waals surface area contributed by atoms with Crippen molar-refractivity contribution in [2.75, 3.05) is 13.6 Å². The molecule has 0 N–H and O–H groups in total. The molecule has 0 spiro atoms. The fourth-order valence-electron chi connectivity index (χ4n) is 1.70. The molecule has 0 heterocycles. The largest absolute Gasteiger partial charge is 0.302 e. The van der Waals surface area contributed by atoms with Crippen molar-refractivity contribution in [1.29, 1.82) is 0 Å². The monoisotopic (exact) mass is 203 g/mol. The van der Waals surface area contributed by atoms with E-state index in [1.54, 1.807) is 0 Å². The summed E-state index contributed by atoms with van der Waals surface area (Å²) in [6, 6.07) is 8.77. The minimum atomic E-state index is 1.05. The van der Waals surface area contributed by atoms with E-state index in [1.165, 1.54) is 17.5 Å². The topological polar surface area (TPSA) is 3.24 Å². The second kappa shape index (κ2) is 6.41. The van der Waals surface area contributed by atoms with Crippen LogP contribution in [0.2, 0.25) is 0 Å². The van der Waals surface area contributed by atoms with Gasteiger partial charge in [0.15, 0.2) is 0 Å². The van der Waals surface area contributed by atoms with Crippen molar-refractivity contribution in [3.8, 4) is 0 Å². The van der Waals surface area contributed by atoms with Gasteiger partial charge in [0.25, 0.3) is 0 Å². The number of rotatable bonds is 5. The summed E-state index contributed by atoms with van der Waals surface area (Å²) in [5.74, 6) is 0. The average molecular weight is 203 g/mol. The molecule has 0 fully saturated rings. The van der Waals surface area contributed by atoms with Crippen LogP contribution >= 0.6 is 0 Å². The third kappa shape index (κ3) is 4.30. The Bertz CT molecular complexity index is 298. The lowest BCUT2D eigenvalue weighted by atomic mass is 10.1. The molecule has 0 aliphatic heterocycles. The van der Waals surface area contributed by atoms with Crippen LogP contribution in [0.4, 0.5) is 0 Å². The van der Waals surface area contributed by atoms with E-state index in [1.807, 2.05) is 6.92 Å².